The van der Waals surface area contributed by atoms with E-state index in [-0.39, 0.29) is 0 Å². The maximum atomic E-state index is 3.46. The average molecular weight is 253 g/mol. The second kappa shape index (κ2) is 6.42. The molecule has 1 N–H and O–H groups in total. The van der Waals surface area contributed by atoms with Crippen molar-refractivity contribution in [1.82, 2.24) is 0 Å². The standard InChI is InChI=1S/C18H23N/c1-4-5-6-16-8-11-17(12-9-16)19-18-10-7-14(2)15(3)13-18/h7-13,19H,4-6H2,1-3H3. The number of hydrogen-bond acceptors (Lipinski definition) is 1. The zero-order valence-corrected chi connectivity index (χ0v) is 12.2. The van der Waals surface area contributed by atoms with Gasteiger partial charge in [0.15, 0.2) is 0 Å². The van der Waals surface area contributed by atoms with Gasteiger partial charge in [-0.25, -0.2) is 0 Å². The molecule has 0 amide bonds. The quantitative estimate of drug-likeness (QED) is 0.753. The van der Waals surface area contributed by atoms with Crippen LogP contribution in [0.5, 0.6) is 0 Å². The molecule has 0 aliphatic rings. The maximum Gasteiger partial charge on any atom is 0.0387 e. The van der Waals surface area contributed by atoms with Gasteiger partial charge < -0.3 is 5.32 Å². The van der Waals surface area contributed by atoms with E-state index in [1.54, 1.807) is 0 Å². The molecule has 1 nitrogen and oxygen atoms in total. The third-order valence-electron chi connectivity index (χ3n) is 3.57. The summed E-state index contributed by atoms with van der Waals surface area (Å²) in [5.41, 5.74) is 6.39. The van der Waals surface area contributed by atoms with Crippen molar-refractivity contribution in [1.29, 1.82) is 0 Å². The molecule has 1 heteroatoms. The molecule has 0 saturated heterocycles. The molecule has 0 saturated carbocycles. The van der Waals surface area contributed by atoms with Crippen LogP contribution in [0.2, 0.25) is 0 Å². The SMILES string of the molecule is CCCCc1ccc(Nc2ccc(C)c(C)c2)cc1. The average Bonchev–Trinajstić information content (AvgIpc) is 2.42. The normalized spacial score (nSPS) is 10.5. The van der Waals surface area contributed by atoms with Crippen molar-refractivity contribution in [3.8, 4) is 0 Å². The third-order valence-corrected chi connectivity index (χ3v) is 3.57. The van der Waals surface area contributed by atoms with Gasteiger partial charge in [-0.15, -0.1) is 0 Å². The molecule has 2 aromatic carbocycles. The van der Waals surface area contributed by atoms with E-state index in [0.717, 1.165) is 11.4 Å². The van der Waals surface area contributed by atoms with Gasteiger partial charge in [0.1, 0.15) is 0 Å². The van der Waals surface area contributed by atoms with Crippen LogP contribution in [-0.2, 0) is 6.42 Å². The minimum Gasteiger partial charge on any atom is -0.356 e. The Labute approximate surface area is 116 Å². The highest BCUT2D eigenvalue weighted by Crippen LogP contribution is 2.20. The highest BCUT2D eigenvalue weighted by atomic mass is 14.9. The Morgan fingerprint density at radius 1 is 0.842 bits per heavy atom. The molecular formula is C18H23N. The van der Waals surface area contributed by atoms with Crippen molar-refractivity contribution < 1.29 is 0 Å². The van der Waals surface area contributed by atoms with Gasteiger partial charge >= 0.3 is 0 Å². The van der Waals surface area contributed by atoms with Crippen LogP contribution in [-0.4, -0.2) is 0 Å². The fraction of sp³-hybridized carbons (Fsp3) is 0.333. The summed E-state index contributed by atoms with van der Waals surface area (Å²) in [5.74, 6) is 0. The van der Waals surface area contributed by atoms with Crippen LogP contribution >= 0.6 is 0 Å². The number of rotatable bonds is 5. The fourth-order valence-corrected chi connectivity index (χ4v) is 2.12. The molecule has 0 aliphatic carbocycles. The first-order chi connectivity index (χ1) is 9.19. The Balaban J connectivity index is 2.04. The van der Waals surface area contributed by atoms with Gasteiger partial charge in [-0.3, -0.25) is 0 Å². The van der Waals surface area contributed by atoms with Crippen molar-refractivity contribution in [2.24, 2.45) is 0 Å². The van der Waals surface area contributed by atoms with Crippen molar-refractivity contribution in [3.63, 3.8) is 0 Å². The summed E-state index contributed by atoms with van der Waals surface area (Å²) in [5, 5.41) is 3.46. The lowest BCUT2D eigenvalue weighted by Gasteiger charge is -2.09. The summed E-state index contributed by atoms with van der Waals surface area (Å²) < 4.78 is 0. The van der Waals surface area contributed by atoms with Crippen molar-refractivity contribution >= 4 is 11.4 Å². The predicted octanol–water partition coefficient (Wildman–Crippen LogP) is 5.39. The van der Waals surface area contributed by atoms with Crippen LogP contribution in [0.3, 0.4) is 0 Å². The first-order valence-corrected chi connectivity index (χ1v) is 7.12. The van der Waals surface area contributed by atoms with Crippen molar-refractivity contribution in [2.45, 2.75) is 40.0 Å². The molecule has 0 spiro atoms. The number of hydrogen-bond donors (Lipinski definition) is 1. The molecule has 19 heavy (non-hydrogen) atoms. The Bertz CT molecular complexity index is 526. The van der Waals surface area contributed by atoms with E-state index in [1.807, 2.05) is 0 Å². The number of anilines is 2. The third kappa shape index (κ3) is 3.85. The lowest BCUT2D eigenvalue weighted by molar-refractivity contribution is 0.795. The Hall–Kier alpha value is -1.76. The van der Waals surface area contributed by atoms with Gasteiger partial charge in [0.25, 0.3) is 0 Å². The molecule has 0 radical (unpaired) electrons. The van der Waals surface area contributed by atoms with E-state index in [0.29, 0.717) is 0 Å². The lowest BCUT2D eigenvalue weighted by atomic mass is 10.1. The van der Waals surface area contributed by atoms with Gasteiger partial charge in [-0.1, -0.05) is 31.5 Å². The van der Waals surface area contributed by atoms with Crippen LogP contribution < -0.4 is 5.32 Å². The van der Waals surface area contributed by atoms with Crippen LogP contribution in [0, 0.1) is 13.8 Å². The van der Waals surface area contributed by atoms with Crippen molar-refractivity contribution in [3.05, 3.63) is 59.2 Å². The highest BCUT2D eigenvalue weighted by Gasteiger charge is 1.98. The zero-order valence-electron chi connectivity index (χ0n) is 12.2. The number of unbranched alkanes of at least 4 members (excludes halogenated alkanes) is 1. The van der Waals surface area contributed by atoms with Gasteiger partial charge in [-0.2, -0.15) is 0 Å². The molecule has 0 aromatic heterocycles. The van der Waals surface area contributed by atoms with E-state index in [1.165, 1.54) is 36.0 Å². The summed E-state index contributed by atoms with van der Waals surface area (Å²) in [4.78, 5) is 0. The highest BCUT2D eigenvalue weighted by molar-refractivity contribution is 5.61. The minimum absolute atomic E-state index is 1.16. The Morgan fingerprint density at radius 2 is 1.53 bits per heavy atom. The first kappa shape index (κ1) is 13.7. The number of benzene rings is 2. The smallest absolute Gasteiger partial charge is 0.0387 e. The summed E-state index contributed by atoms with van der Waals surface area (Å²) in [7, 11) is 0. The van der Waals surface area contributed by atoms with Crippen LogP contribution in [0.4, 0.5) is 11.4 Å². The number of nitrogens with one attached hydrogen (secondary N) is 1. The minimum atomic E-state index is 1.16. The first-order valence-electron chi connectivity index (χ1n) is 7.12. The molecule has 0 bridgehead atoms. The van der Waals surface area contributed by atoms with Gasteiger partial charge in [-0.05, 0) is 67.6 Å². The topological polar surface area (TPSA) is 12.0 Å². The van der Waals surface area contributed by atoms with E-state index < -0.39 is 0 Å². The monoisotopic (exact) mass is 253 g/mol. The lowest BCUT2D eigenvalue weighted by Crippen LogP contribution is -1.92. The maximum absolute atomic E-state index is 3.46. The van der Waals surface area contributed by atoms with Gasteiger partial charge in [0.2, 0.25) is 0 Å². The van der Waals surface area contributed by atoms with Crippen LogP contribution in [0.1, 0.15) is 36.5 Å². The van der Waals surface area contributed by atoms with E-state index in [4.69, 9.17) is 0 Å². The van der Waals surface area contributed by atoms with Crippen molar-refractivity contribution in [2.75, 3.05) is 5.32 Å². The summed E-state index contributed by atoms with van der Waals surface area (Å²) in [6, 6.07) is 15.3. The van der Waals surface area contributed by atoms with Crippen LogP contribution in [0.15, 0.2) is 42.5 Å². The Kier molecular flexibility index (Phi) is 4.62. The van der Waals surface area contributed by atoms with E-state index in [2.05, 4.69) is 68.6 Å². The van der Waals surface area contributed by atoms with Crippen LogP contribution in [0.25, 0.3) is 0 Å². The summed E-state index contributed by atoms with van der Waals surface area (Å²) >= 11 is 0. The van der Waals surface area contributed by atoms with Gasteiger partial charge in [0, 0.05) is 11.4 Å². The largest absolute Gasteiger partial charge is 0.356 e. The molecule has 0 aliphatic heterocycles. The summed E-state index contributed by atoms with van der Waals surface area (Å²) in [6.07, 6.45) is 3.70. The second-order valence-corrected chi connectivity index (χ2v) is 5.22. The van der Waals surface area contributed by atoms with E-state index in [9.17, 15) is 0 Å². The fourth-order valence-electron chi connectivity index (χ4n) is 2.12. The molecule has 0 heterocycles. The molecule has 0 fully saturated rings. The number of aryl methyl sites for hydroxylation is 3. The molecular weight excluding hydrogens is 230 g/mol. The van der Waals surface area contributed by atoms with Gasteiger partial charge in [0.05, 0.1) is 0 Å². The Morgan fingerprint density at radius 3 is 2.16 bits per heavy atom. The zero-order chi connectivity index (χ0) is 13.7. The molecule has 2 rings (SSSR count). The molecule has 100 valence electrons. The van der Waals surface area contributed by atoms with E-state index >= 15 is 0 Å². The molecule has 0 atom stereocenters. The summed E-state index contributed by atoms with van der Waals surface area (Å²) in [6.45, 7) is 6.52. The molecule has 0 unspecified atom stereocenters. The predicted molar refractivity (Wildman–Crippen MR) is 84.3 cm³/mol. The molecule has 2 aromatic rings. The second-order valence-electron chi connectivity index (χ2n) is 5.22.